The van der Waals surface area contributed by atoms with Gasteiger partial charge in [-0.25, -0.2) is 9.97 Å². The molecule has 0 aliphatic heterocycles. The molecule has 158 valence electrons. The lowest BCUT2D eigenvalue weighted by atomic mass is 10.1. The first kappa shape index (κ1) is 19.8. The number of anilines is 3. The number of amides is 1. The molecule has 0 radical (unpaired) electrons. The Morgan fingerprint density at radius 3 is 2.72 bits per heavy atom. The van der Waals surface area contributed by atoms with Crippen molar-refractivity contribution >= 4 is 44.7 Å². The lowest BCUT2D eigenvalue weighted by molar-refractivity contribution is -0.115. The van der Waals surface area contributed by atoms with E-state index in [0.717, 1.165) is 37.7 Å². The maximum atomic E-state index is 12.2. The summed E-state index contributed by atoms with van der Waals surface area (Å²) >= 11 is 1.62. The number of aromatic nitrogens is 5. The molecule has 9 heteroatoms. The molecule has 1 aromatic carbocycles. The van der Waals surface area contributed by atoms with Crippen molar-refractivity contribution in [1.82, 2.24) is 24.7 Å². The SMILES string of the molecule is Cn1cc(-c2cc3ncnc(Nc4ccc(CC(=O)Nc5cccnc5)cc4)c3s2)cn1. The van der Waals surface area contributed by atoms with Crippen LogP contribution in [-0.4, -0.2) is 30.6 Å². The Morgan fingerprint density at radius 1 is 1.09 bits per heavy atom. The molecule has 0 spiro atoms. The zero-order valence-corrected chi connectivity index (χ0v) is 18.0. The molecule has 4 aromatic heterocycles. The summed E-state index contributed by atoms with van der Waals surface area (Å²) in [6.45, 7) is 0. The lowest BCUT2D eigenvalue weighted by Crippen LogP contribution is -2.14. The fourth-order valence-corrected chi connectivity index (χ4v) is 4.33. The van der Waals surface area contributed by atoms with Crippen LogP contribution in [0.3, 0.4) is 0 Å². The van der Waals surface area contributed by atoms with E-state index in [1.54, 1.807) is 40.8 Å². The highest BCUT2D eigenvalue weighted by molar-refractivity contribution is 7.22. The minimum Gasteiger partial charge on any atom is -0.339 e. The Labute approximate surface area is 188 Å². The van der Waals surface area contributed by atoms with Crippen molar-refractivity contribution in [1.29, 1.82) is 0 Å². The molecule has 32 heavy (non-hydrogen) atoms. The smallest absolute Gasteiger partial charge is 0.228 e. The highest BCUT2D eigenvalue weighted by Crippen LogP contribution is 2.36. The molecule has 5 rings (SSSR count). The highest BCUT2D eigenvalue weighted by atomic mass is 32.1. The van der Waals surface area contributed by atoms with Crippen LogP contribution in [0, 0.1) is 0 Å². The van der Waals surface area contributed by atoms with E-state index in [0.29, 0.717) is 5.69 Å². The summed E-state index contributed by atoms with van der Waals surface area (Å²) in [7, 11) is 1.90. The van der Waals surface area contributed by atoms with Crippen LogP contribution in [0.5, 0.6) is 0 Å². The third-order valence-electron chi connectivity index (χ3n) is 4.83. The lowest BCUT2D eigenvalue weighted by Gasteiger charge is -2.08. The van der Waals surface area contributed by atoms with Gasteiger partial charge in [-0.1, -0.05) is 12.1 Å². The highest BCUT2D eigenvalue weighted by Gasteiger charge is 2.12. The van der Waals surface area contributed by atoms with E-state index < -0.39 is 0 Å². The van der Waals surface area contributed by atoms with Gasteiger partial charge in [-0.3, -0.25) is 14.5 Å². The van der Waals surface area contributed by atoms with Crippen LogP contribution in [0.4, 0.5) is 17.2 Å². The van der Waals surface area contributed by atoms with E-state index in [4.69, 9.17) is 0 Å². The van der Waals surface area contributed by atoms with E-state index >= 15 is 0 Å². The quantitative estimate of drug-likeness (QED) is 0.405. The summed E-state index contributed by atoms with van der Waals surface area (Å²) in [5.41, 5.74) is 4.42. The van der Waals surface area contributed by atoms with Gasteiger partial charge in [-0.15, -0.1) is 11.3 Å². The number of thiophene rings is 1. The van der Waals surface area contributed by atoms with Gasteiger partial charge < -0.3 is 10.6 Å². The molecule has 0 unspecified atom stereocenters. The minimum atomic E-state index is -0.0854. The summed E-state index contributed by atoms with van der Waals surface area (Å²) in [5.74, 6) is 0.662. The standard InChI is InChI=1S/C23H19N7OS/c1-30-13-16(11-27-30)20-10-19-22(32-20)23(26-14-25-19)29-17-6-4-15(5-7-17)9-21(31)28-18-3-2-8-24-12-18/h2-8,10-14H,9H2,1H3,(H,28,31)(H,25,26,29). The number of benzene rings is 1. The molecule has 8 nitrogen and oxygen atoms in total. The van der Waals surface area contributed by atoms with Gasteiger partial charge in [0.2, 0.25) is 5.91 Å². The van der Waals surface area contributed by atoms with Gasteiger partial charge in [0.1, 0.15) is 6.33 Å². The summed E-state index contributed by atoms with van der Waals surface area (Å²) in [5, 5.41) is 10.5. The second-order valence-corrected chi connectivity index (χ2v) is 8.29. The number of pyridine rings is 1. The third-order valence-corrected chi connectivity index (χ3v) is 6.01. The predicted molar refractivity (Wildman–Crippen MR) is 126 cm³/mol. The number of carbonyl (C=O) groups is 1. The number of fused-ring (bicyclic) bond motifs is 1. The van der Waals surface area contributed by atoms with E-state index in [1.807, 2.05) is 55.8 Å². The van der Waals surface area contributed by atoms with Crippen LogP contribution >= 0.6 is 11.3 Å². The summed E-state index contributed by atoms with van der Waals surface area (Å²) in [4.78, 5) is 26.2. The van der Waals surface area contributed by atoms with Gasteiger partial charge in [0.05, 0.1) is 34.7 Å². The number of hydrogen-bond donors (Lipinski definition) is 2. The summed E-state index contributed by atoms with van der Waals surface area (Å²) in [6.07, 6.45) is 8.96. The molecule has 0 atom stereocenters. The molecule has 0 fully saturated rings. The number of aryl methyl sites for hydroxylation is 1. The Balaban J connectivity index is 1.30. The first-order valence-corrected chi connectivity index (χ1v) is 10.7. The van der Waals surface area contributed by atoms with Crippen molar-refractivity contribution < 1.29 is 4.79 Å². The van der Waals surface area contributed by atoms with Gasteiger partial charge in [0.15, 0.2) is 5.82 Å². The second-order valence-electron chi connectivity index (χ2n) is 7.24. The van der Waals surface area contributed by atoms with Crippen LogP contribution in [0.1, 0.15) is 5.56 Å². The van der Waals surface area contributed by atoms with E-state index in [-0.39, 0.29) is 12.3 Å². The molecule has 0 aliphatic carbocycles. The van der Waals surface area contributed by atoms with Gasteiger partial charge in [-0.05, 0) is 35.9 Å². The van der Waals surface area contributed by atoms with Gasteiger partial charge in [-0.2, -0.15) is 5.10 Å². The normalized spacial score (nSPS) is 10.9. The number of nitrogens with one attached hydrogen (secondary N) is 2. The van der Waals surface area contributed by atoms with Crippen LogP contribution in [0.15, 0.2) is 73.6 Å². The van der Waals surface area contributed by atoms with Gasteiger partial charge in [0, 0.05) is 35.6 Å². The fourth-order valence-electron chi connectivity index (χ4n) is 3.30. The van der Waals surface area contributed by atoms with Crippen molar-refractivity contribution in [2.24, 2.45) is 7.05 Å². The van der Waals surface area contributed by atoms with Crippen LogP contribution in [0.2, 0.25) is 0 Å². The van der Waals surface area contributed by atoms with Gasteiger partial charge >= 0.3 is 0 Å². The Morgan fingerprint density at radius 2 is 1.97 bits per heavy atom. The first-order valence-electron chi connectivity index (χ1n) is 9.93. The van der Waals surface area contributed by atoms with E-state index in [9.17, 15) is 4.79 Å². The minimum absolute atomic E-state index is 0.0854. The monoisotopic (exact) mass is 441 g/mol. The van der Waals surface area contributed by atoms with E-state index in [1.165, 1.54) is 0 Å². The second kappa shape index (κ2) is 8.56. The molecule has 2 N–H and O–H groups in total. The van der Waals surface area contributed by atoms with Crippen LogP contribution in [0.25, 0.3) is 20.7 Å². The molecule has 0 saturated carbocycles. The Bertz CT molecular complexity index is 1380. The third kappa shape index (κ3) is 4.33. The molecule has 1 amide bonds. The average Bonchev–Trinajstić information content (AvgIpc) is 3.42. The molecule has 0 saturated heterocycles. The molecule has 4 heterocycles. The average molecular weight is 442 g/mol. The molecule has 0 aliphatic rings. The van der Waals surface area contributed by atoms with Crippen molar-refractivity contribution in [3.05, 3.63) is 79.1 Å². The van der Waals surface area contributed by atoms with Crippen molar-refractivity contribution in [3.63, 3.8) is 0 Å². The summed E-state index contributed by atoms with van der Waals surface area (Å²) in [6, 6.07) is 13.4. The van der Waals surface area contributed by atoms with Crippen molar-refractivity contribution in [3.8, 4) is 10.4 Å². The topological polar surface area (TPSA) is 97.6 Å². The van der Waals surface area contributed by atoms with Crippen LogP contribution < -0.4 is 10.6 Å². The zero-order valence-electron chi connectivity index (χ0n) is 17.2. The number of nitrogens with zero attached hydrogens (tertiary/aromatic N) is 5. The summed E-state index contributed by atoms with van der Waals surface area (Å²) < 4.78 is 2.76. The maximum Gasteiger partial charge on any atom is 0.228 e. The largest absolute Gasteiger partial charge is 0.339 e. The number of hydrogen-bond acceptors (Lipinski definition) is 7. The zero-order chi connectivity index (χ0) is 21.9. The van der Waals surface area contributed by atoms with Crippen molar-refractivity contribution in [2.75, 3.05) is 10.6 Å². The fraction of sp³-hybridized carbons (Fsp3) is 0.0870. The molecular formula is C23H19N7OS. The van der Waals surface area contributed by atoms with Crippen molar-refractivity contribution in [2.45, 2.75) is 6.42 Å². The molecule has 5 aromatic rings. The Hall–Kier alpha value is -4.11. The van der Waals surface area contributed by atoms with Crippen LogP contribution in [-0.2, 0) is 18.3 Å². The first-order chi connectivity index (χ1) is 15.6. The number of carbonyl (C=O) groups excluding carboxylic acids is 1. The molecular weight excluding hydrogens is 422 g/mol. The Kier molecular flexibility index (Phi) is 5.30. The molecule has 0 bridgehead atoms. The number of rotatable bonds is 6. The maximum absolute atomic E-state index is 12.2. The van der Waals surface area contributed by atoms with Gasteiger partial charge in [0.25, 0.3) is 0 Å². The predicted octanol–water partition coefficient (Wildman–Crippen LogP) is 4.41. The van der Waals surface area contributed by atoms with E-state index in [2.05, 4.69) is 30.7 Å².